The monoisotopic (exact) mass is 318 g/mol. The van der Waals surface area contributed by atoms with E-state index in [2.05, 4.69) is 10.9 Å². The minimum Gasteiger partial charge on any atom is -0.490 e. The zero-order valence-corrected chi connectivity index (χ0v) is 13.6. The lowest BCUT2D eigenvalue weighted by molar-refractivity contribution is 0.0927. The Bertz CT molecular complexity index is 453. The third-order valence-electron chi connectivity index (χ3n) is 2.30. The number of amides is 1. The molecule has 1 aromatic carbocycles. The molecule has 0 aromatic heterocycles. The Balaban J connectivity index is 2.84. The highest BCUT2D eigenvalue weighted by Gasteiger charge is 2.14. The average molecular weight is 319 g/mol. The maximum Gasteiger partial charge on any atom is 0.265 e. The molecule has 112 valence electrons. The third kappa shape index (κ3) is 5.19. The van der Waals surface area contributed by atoms with Gasteiger partial charge in [0, 0.05) is 11.6 Å². The van der Waals surface area contributed by atoms with Crippen LogP contribution in [0.4, 0.5) is 0 Å². The van der Waals surface area contributed by atoms with Gasteiger partial charge in [-0.25, -0.2) is 5.43 Å². The number of carbonyl (C=O) groups is 1. The summed E-state index contributed by atoms with van der Waals surface area (Å²) in [7, 11) is 0. The zero-order valence-electron chi connectivity index (χ0n) is 12.1. The highest BCUT2D eigenvalue weighted by molar-refractivity contribution is 6.37. The average Bonchev–Trinajstić information content (AvgIpc) is 2.34. The lowest BCUT2D eigenvalue weighted by atomic mass is 10.2. The van der Waals surface area contributed by atoms with Crippen LogP contribution in [0.2, 0.25) is 10.0 Å². The van der Waals surface area contributed by atoms with Gasteiger partial charge in [0.05, 0.1) is 16.7 Å². The molecule has 0 atom stereocenters. The molecule has 1 amide bonds. The van der Waals surface area contributed by atoms with E-state index in [1.54, 1.807) is 12.1 Å². The molecule has 6 heteroatoms. The maximum absolute atomic E-state index is 11.9. The zero-order chi connectivity index (χ0) is 15.3. The fourth-order valence-corrected chi connectivity index (χ4v) is 1.96. The van der Waals surface area contributed by atoms with Crippen molar-refractivity contribution in [2.75, 3.05) is 6.61 Å². The van der Waals surface area contributed by atoms with Crippen LogP contribution in [0.25, 0.3) is 0 Å². The fourth-order valence-electron chi connectivity index (χ4n) is 1.36. The molecule has 20 heavy (non-hydrogen) atoms. The summed E-state index contributed by atoms with van der Waals surface area (Å²) in [4.78, 5) is 11.9. The Kier molecular flexibility index (Phi) is 6.59. The van der Waals surface area contributed by atoms with E-state index in [0.29, 0.717) is 33.9 Å². The van der Waals surface area contributed by atoms with E-state index in [-0.39, 0.29) is 11.9 Å². The van der Waals surface area contributed by atoms with Gasteiger partial charge in [-0.15, -0.1) is 0 Å². The third-order valence-corrected chi connectivity index (χ3v) is 2.86. The molecule has 0 saturated carbocycles. The van der Waals surface area contributed by atoms with E-state index in [1.807, 2.05) is 27.7 Å². The van der Waals surface area contributed by atoms with Gasteiger partial charge in [-0.1, -0.05) is 37.0 Å². The standard InChI is InChI=1S/C14H20Cl2N2O2/c1-8(2)7-20-13-11(15)5-10(6-12(13)16)14(19)18-17-9(3)4/h5-6,8-9,17H,7H2,1-4H3,(H,18,19). The molecule has 0 aliphatic rings. The molecule has 2 N–H and O–H groups in total. The number of hydrazine groups is 1. The van der Waals surface area contributed by atoms with Crippen LogP contribution in [0.1, 0.15) is 38.1 Å². The van der Waals surface area contributed by atoms with E-state index in [0.717, 1.165) is 0 Å². The Morgan fingerprint density at radius 2 is 1.75 bits per heavy atom. The molecule has 4 nitrogen and oxygen atoms in total. The van der Waals surface area contributed by atoms with Crippen LogP contribution in [-0.2, 0) is 0 Å². The Labute approximate surface area is 129 Å². The first-order valence-electron chi connectivity index (χ1n) is 6.49. The molecule has 0 bridgehead atoms. The molecule has 0 heterocycles. The molecule has 0 aliphatic carbocycles. The molecular formula is C14H20Cl2N2O2. The van der Waals surface area contributed by atoms with Crippen LogP contribution in [-0.4, -0.2) is 18.6 Å². The Morgan fingerprint density at radius 1 is 1.20 bits per heavy atom. The van der Waals surface area contributed by atoms with Crippen molar-refractivity contribution < 1.29 is 9.53 Å². The first-order valence-corrected chi connectivity index (χ1v) is 7.24. The van der Waals surface area contributed by atoms with Crippen molar-refractivity contribution in [2.45, 2.75) is 33.7 Å². The van der Waals surface area contributed by atoms with Crippen LogP contribution in [0.3, 0.4) is 0 Å². The molecule has 0 fully saturated rings. The minimum atomic E-state index is -0.294. The molecule has 0 saturated heterocycles. The molecule has 1 aromatic rings. The van der Waals surface area contributed by atoms with Crippen LogP contribution in [0, 0.1) is 5.92 Å². The van der Waals surface area contributed by atoms with E-state index < -0.39 is 0 Å². The summed E-state index contributed by atoms with van der Waals surface area (Å²) in [6.07, 6.45) is 0. The second-order valence-corrected chi connectivity index (χ2v) is 6.04. The van der Waals surface area contributed by atoms with E-state index in [9.17, 15) is 4.79 Å². The Hall–Kier alpha value is -0.970. The lowest BCUT2D eigenvalue weighted by Crippen LogP contribution is -2.41. The van der Waals surface area contributed by atoms with Crippen LogP contribution in [0.15, 0.2) is 12.1 Å². The van der Waals surface area contributed by atoms with Gasteiger partial charge in [-0.2, -0.15) is 0 Å². The maximum atomic E-state index is 11.9. The quantitative estimate of drug-likeness (QED) is 0.787. The lowest BCUT2D eigenvalue weighted by Gasteiger charge is -2.14. The van der Waals surface area contributed by atoms with Gasteiger partial charge in [0.25, 0.3) is 5.91 Å². The van der Waals surface area contributed by atoms with Gasteiger partial charge in [0.2, 0.25) is 0 Å². The number of halogens is 2. The summed E-state index contributed by atoms with van der Waals surface area (Å²) in [5, 5.41) is 0.653. The number of nitrogens with one attached hydrogen (secondary N) is 2. The number of hydrogen-bond acceptors (Lipinski definition) is 3. The van der Waals surface area contributed by atoms with E-state index in [1.165, 1.54) is 0 Å². The minimum absolute atomic E-state index is 0.138. The van der Waals surface area contributed by atoms with E-state index >= 15 is 0 Å². The normalized spacial score (nSPS) is 11.0. The Morgan fingerprint density at radius 3 is 2.20 bits per heavy atom. The topological polar surface area (TPSA) is 50.4 Å². The second-order valence-electron chi connectivity index (χ2n) is 5.23. The van der Waals surface area contributed by atoms with Crippen LogP contribution >= 0.6 is 23.2 Å². The van der Waals surface area contributed by atoms with Crippen LogP contribution in [0.5, 0.6) is 5.75 Å². The molecule has 0 aliphatic heterocycles. The molecular weight excluding hydrogens is 299 g/mol. The van der Waals surface area contributed by atoms with Crippen molar-refractivity contribution in [3.05, 3.63) is 27.7 Å². The van der Waals surface area contributed by atoms with Gasteiger partial charge in [-0.05, 0) is 31.9 Å². The van der Waals surface area contributed by atoms with Crippen molar-refractivity contribution in [1.29, 1.82) is 0 Å². The van der Waals surface area contributed by atoms with Gasteiger partial charge in [0.15, 0.2) is 5.75 Å². The number of benzene rings is 1. The first kappa shape index (κ1) is 17.1. The van der Waals surface area contributed by atoms with E-state index in [4.69, 9.17) is 27.9 Å². The number of rotatable bonds is 6. The van der Waals surface area contributed by atoms with Crippen molar-refractivity contribution in [2.24, 2.45) is 5.92 Å². The highest BCUT2D eigenvalue weighted by Crippen LogP contribution is 2.34. The molecule has 0 unspecified atom stereocenters. The molecule has 0 spiro atoms. The fraction of sp³-hybridized carbons (Fsp3) is 0.500. The van der Waals surface area contributed by atoms with Gasteiger partial charge in [-0.3, -0.25) is 10.2 Å². The first-order chi connectivity index (χ1) is 9.31. The van der Waals surface area contributed by atoms with Crippen LogP contribution < -0.4 is 15.6 Å². The van der Waals surface area contributed by atoms with Crippen molar-refractivity contribution in [1.82, 2.24) is 10.9 Å². The summed E-state index contributed by atoms with van der Waals surface area (Å²) in [5.41, 5.74) is 5.78. The summed E-state index contributed by atoms with van der Waals surface area (Å²) in [6.45, 7) is 8.41. The number of carbonyl (C=O) groups excluding carboxylic acids is 1. The van der Waals surface area contributed by atoms with Gasteiger partial charge >= 0.3 is 0 Å². The molecule has 1 rings (SSSR count). The van der Waals surface area contributed by atoms with Gasteiger partial charge in [0.1, 0.15) is 0 Å². The highest BCUT2D eigenvalue weighted by atomic mass is 35.5. The van der Waals surface area contributed by atoms with Crippen molar-refractivity contribution in [3.63, 3.8) is 0 Å². The largest absolute Gasteiger partial charge is 0.490 e. The summed E-state index contributed by atoms with van der Waals surface area (Å²) in [6, 6.07) is 3.22. The number of ether oxygens (including phenoxy) is 1. The summed E-state index contributed by atoms with van der Waals surface area (Å²) >= 11 is 12.2. The predicted molar refractivity (Wildman–Crippen MR) is 82.5 cm³/mol. The SMILES string of the molecule is CC(C)COc1c(Cl)cc(C(=O)NNC(C)C)cc1Cl. The summed E-state index contributed by atoms with van der Waals surface area (Å²) in [5.74, 6) is 0.480. The predicted octanol–water partition coefficient (Wildman–Crippen LogP) is 3.67. The smallest absolute Gasteiger partial charge is 0.265 e. The van der Waals surface area contributed by atoms with Gasteiger partial charge < -0.3 is 4.74 Å². The summed E-state index contributed by atoms with van der Waals surface area (Å²) < 4.78 is 5.55. The number of hydrogen-bond donors (Lipinski definition) is 2. The van der Waals surface area contributed by atoms with Crippen molar-refractivity contribution in [3.8, 4) is 5.75 Å². The molecule has 0 radical (unpaired) electrons. The second kappa shape index (κ2) is 7.72. The van der Waals surface area contributed by atoms with Crippen molar-refractivity contribution >= 4 is 29.1 Å².